The van der Waals surface area contributed by atoms with Crippen LogP contribution in [-0.2, 0) is 11.3 Å². The summed E-state index contributed by atoms with van der Waals surface area (Å²) in [5.74, 6) is 0.395. The second kappa shape index (κ2) is 8.91. The largest absolute Gasteiger partial charge is 0.497 e. The van der Waals surface area contributed by atoms with E-state index in [1.165, 1.54) is 0 Å². The standard InChI is InChI=1S/C21H23ClN2O3/c1-27-17-8-4-6-15(12-17)13-23-20(25)16-7-5-11-24(14-16)21(26)18-9-2-3-10-19(18)22/h2-4,6,8-10,12,16H,5,7,11,13-14H2,1H3,(H,23,25). The highest BCUT2D eigenvalue weighted by atomic mass is 35.5. The number of amides is 2. The first-order valence-corrected chi connectivity index (χ1v) is 9.40. The fourth-order valence-corrected chi connectivity index (χ4v) is 3.51. The Morgan fingerprint density at radius 2 is 2.04 bits per heavy atom. The van der Waals surface area contributed by atoms with Crippen molar-refractivity contribution in [1.29, 1.82) is 0 Å². The lowest BCUT2D eigenvalue weighted by Crippen LogP contribution is -2.45. The molecule has 0 radical (unpaired) electrons. The van der Waals surface area contributed by atoms with Crippen LogP contribution >= 0.6 is 11.6 Å². The summed E-state index contributed by atoms with van der Waals surface area (Å²) in [6, 6.07) is 14.6. The molecule has 142 valence electrons. The van der Waals surface area contributed by atoms with Crippen molar-refractivity contribution in [3.05, 3.63) is 64.7 Å². The zero-order valence-corrected chi connectivity index (χ0v) is 16.0. The van der Waals surface area contributed by atoms with Gasteiger partial charge >= 0.3 is 0 Å². The number of benzene rings is 2. The molecule has 1 aliphatic heterocycles. The van der Waals surface area contributed by atoms with Crippen LogP contribution in [0.1, 0.15) is 28.8 Å². The summed E-state index contributed by atoms with van der Waals surface area (Å²) >= 11 is 6.14. The first kappa shape index (κ1) is 19.2. The van der Waals surface area contributed by atoms with E-state index in [9.17, 15) is 9.59 Å². The number of hydrogen-bond acceptors (Lipinski definition) is 3. The average molecular weight is 387 g/mol. The van der Waals surface area contributed by atoms with E-state index in [-0.39, 0.29) is 17.7 Å². The molecule has 0 aliphatic carbocycles. The number of methoxy groups -OCH3 is 1. The number of ether oxygens (including phenoxy) is 1. The van der Waals surface area contributed by atoms with Crippen LogP contribution in [0.4, 0.5) is 0 Å². The summed E-state index contributed by atoms with van der Waals surface area (Å²) in [5.41, 5.74) is 1.46. The molecule has 2 aromatic carbocycles. The molecule has 1 N–H and O–H groups in total. The number of piperidine rings is 1. The second-order valence-corrected chi connectivity index (χ2v) is 7.05. The Balaban J connectivity index is 1.59. The Hall–Kier alpha value is -2.53. The van der Waals surface area contributed by atoms with E-state index in [2.05, 4.69) is 5.32 Å². The van der Waals surface area contributed by atoms with E-state index in [1.54, 1.807) is 36.3 Å². The van der Waals surface area contributed by atoms with Crippen LogP contribution in [0.2, 0.25) is 5.02 Å². The van der Waals surface area contributed by atoms with Crippen LogP contribution < -0.4 is 10.1 Å². The van der Waals surface area contributed by atoms with Crippen molar-refractivity contribution >= 4 is 23.4 Å². The molecule has 5 nitrogen and oxygen atoms in total. The van der Waals surface area contributed by atoms with Gasteiger partial charge in [0.25, 0.3) is 5.91 Å². The number of nitrogens with zero attached hydrogens (tertiary/aromatic N) is 1. The topological polar surface area (TPSA) is 58.6 Å². The fraction of sp³-hybridized carbons (Fsp3) is 0.333. The highest BCUT2D eigenvalue weighted by molar-refractivity contribution is 6.33. The third-order valence-corrected chi connectivity index (χ3v) is 5.11. The molecule has 3 rings (SSSR count). The minimum absolute atomic E-state index is 0.0329. The van der Waals surface area contributed by atoms with Crippen LogP contribution in [0, 0.1) is 5.92 Å². The summed E-state index contributed by atoms with van der Waals surface area (Å²) in [6.45, 7) is 1.49. The molecule has 0 aromatic heterocycles. The van der Waals surface area contributed by atoms with Gasteiger partial charge in [0.15, 0.2) is 0 Å². The number of rotatable bonds is 5. The van der Waals surface area contributed by atoms with Crippen LogP contribution in [0.3, 0.4) is 0 Å². The second-order valence-electron chi connectivity index (χ2n) is 6.64. The summed E-state index contributed by atoms with van der Waals surface area (Å²) in [5, 5.41) is 3.41. The molecule has 0 bridgehead atoms. The number of halogens is 1. The number of hydrogen-bond donors (Lipinski definition) is 1. The van der Waals surface area contributed by atoms with Crippen LogP contribution in [-0.4, -0.2) is 36.9 Å². The highest BCUT2D eigenvalue weighted by Gasteiger charge is 2.29. The van der Waals surface area contributed by atoms with Gasteiger partial charge in [0, 0.05) is 19.6 Å². The molecule has 0 spiro atoms. The van der Waals surface area contributed by atoms with Crippen molar-refractivity contribution in [3.8, 4) is 5.75 Å². The Labute approximate surface area is 164 Å². The highest BCUT2D eigenvalue weighted by Crippen LogP contribution is 2.22. The molecular weight excluding hydrogens is 364 g/mol. The maximum Gasteiger partial charge on any atom is 0.255 e. The fourth-order valence-electron chi connectivity index (χ4n) is 3.30. The van der Waals surface area contributed by atoms with Crippen LogP contribution in [0.25, 0.3) is 0 Å². The van der Waals surface area contributed by atoms with E-state index in [1.807, 2.05) is 24.3 Å². The minimum Gasteiger partial charge on any atom is -0.497 e. The van der Waals surface area contributed by atoms with Crippen LogP contribution in [0.5, 0.6) is 5.75 Å². The van der Waals surface area contributed by atoms with Gasteiger partial charge in [-0.05, 0) is 42.7 Å². The molecule has 1 heterocycles. The average Bonchev–Trinajstić information content (AvgIpc) is 2.72. The minimum atomic E-state index is -0.212. The number of likely N-dealkylation sites (tertiary alicyclic amines) is 1. The summed E-state index contributed by atoms with van der Waals surface area (Å²) in [4.78, 5) is 27.0. The molecule has 1 saturated heterocycles. The lowest BCUT2D eigenvalue weighted by molar-refractivity contribution is -0.126. The lowest BCUT2D eigenvalue weighted by Gasteiger charge is -2.32. The predicted molar refractivity (Wildman–Crippen MR) is 105 cm³/mol. The Kier molecular flexibility index (Phi) is 6.35. The third-order valence-electron chi connectivity index (χ3n) is 4.78. The van der Waals surface area contributed by atoms with Gasteiger partial charge in [-0.3, -0.25) is 9.59 Å². The van der Waals surface area contributed by atoms with Gasteiger partial charge in [-0.2, -0.15) is 0 Å². The summed E-state index contributed by atoms with van der Waals surface area (Å²) in [6.07, 6.45) is 1.57. The third kappa shape index (κ3) is 4.80. The monoisotopic (exact) mass is 386 g/mol. The number of nitrogens with one attached hydrogen (secondary N) is 1. The van der Waals surface area contributed by atoms with Crippen LogP contribution in [0.15, 0.2) is 48.5 Å². The summed E-state index contributed by atoms with van der Waals surface area (Å²) < 4.78 is 5.20. The van der Waals surface area contributed by atoms with E-state index in [0.29, 0.717) is 30.2 Å². The van der Waals surface area contributed by atoms with Gasteiger partial charge in [-0.1, -0.05) is 35.9 Å². The smallest absolute Gasteiger partial charge is 0.255 e. The number of carbonyl (C=O) groups is 2. The van der Waals surface area contributed by atoms with Crippen molar-refractivity contribution in [2.24, 2.45) is 5.92 Å². The maximum absolute atomic E-state index is 12.7. The first-order valence-electron chi connectivity index (χ1n) is 9.03. The Morgan fingerprint density at radius 1 is 1.22 bits per heavy atom. The van der Waals surface area contributed by atoms with E-state index >= 15 is 0 Å². The normalized spacial score (nSPS) is 16.7. The maximum atomic E-state index is 12.7. The Bertz CT molecular complexity index is 825. The molecule has 1 fully saturated rings. The molecule has 1 aliphatic rings. The van der Waals surface area contributed by atoms with E-state index in [0.717, 1.165) is 24.2 Å². The molecule has 6 heteroatoms. The SMILES string of the molecule is COc1cccc(CNC(=O)C2CCCN(C(=O)c3ccccc3Cl)C2)c1. The van der Waals surface area contributed by atoms with Crippen molar-refractivity contribution in [2.45, 2.75) is 19.4 Å². The molecule has 2 aromatic rings. The van der Waals surface area contributed by atoms with Gasteiger partial charge in [-0.25, -0.2) is 0 Å². The predicted octanol–water partition coefficient (Wildman–Crippen LogP) is 3.52. The van der Waals surface area contributed by atoms with Crippen molar-refractivity contribution in [2.75, 3.05) is 20.2 Å². The molecule has 27 heavy (non-hydrogen) atoms. The summed E-state index contributed by atoms with van der Waals surface area (Å²) in [7, 11) is 1.62. The van der Waals surface area contributed by atoms with Gasteiger partial charge < -0.3 is 15.0 Å². The zero-order chi connectivity index (χ0) is 19.2. The van der Waals surface area contributed by atoms with Gasteiger partial charge in [0.2, 0.25) is 5.91 Å². The van der Waals surface area contributed by atoms with Crippen molar-refractivity contribution in [3.63, 3.8) is 0 Å². The Morgan fingerprint density at radius 3 is 2.81 bits per heavy atom. The molecular formula is C21H23ClN2O3. The lowest BCUT2D eigenvalue weighted by atomic mass is 9.96. The molecule has 0 saturated carbocycles. The first-order chi connectivity index (χ1) is 13.1. The molecule has 1 unspecified atom stereocenters. The zero-order valence-electron chi connectivity index (χ0n) is 15.3. The van der Waals surface area contributed by atoms with E-state index in [4.69, 9.17) is 16.3 Å². The van der Waals surface area contributed by atoms with E-state index < -0.39 is 0 Å². The molecule has 1 atom stereocenters. The molecule has 2 amide bonds. The quantitative estimate of drug-likeness (QED) is 0.855. The van der Waals surface area contributed by atoms with Gasteiger partial charge in [0.05, 0.1) is 23.6 Å². The van der Waals surface area contributed by atoms with Gasteiger partial charge in [0.1, 0.15) is 5.75 Å². The number of carbonyl (C=O) groups excluding carboxylic acids is 2. The van der Waals surface area contributed by atoms with Gasteiger partial charge in [-0.15, -0.1) is 0 Å². The van der Waals surface area contributed by atoms with Crippen molar-refractivity contribution in [1.82, 2.24) is 10.2 Å². The van der Waals surface area contributed by atoms with Crippen molar-refractivity contribution < 1.29 is 14.3 Å².